The number of aromatic nitrogens is 1. The predicted molar refractivity (Wildman–Crippen MR) is 71.7 cm³/mol. The predicted octanol–water partition coefficient (Wildman–Crippen LogP) is 2.56. The highest BCUT2D eigenvalue weighted by molar-refractivity contribution is 6.06. The number of rotatable bonds is 3. The Morgan fingerprint density at radius 2 is 2.22 bits per heavy atom. The molecule has 1 N–H and O–H groups in total. The van der Waals surface area contributed by atoms with Gasteiger partial charge in [-0.1, -0.05) is 24.3 Å². The minimum absolute atomic E-state index is 0.145. The lowest BCUT2D eigenvalue weighted by Gasteiger charge is -2.09. The molecule has 3 rings (SSSR count). The van der Waals surface area contributed by atoms with Crippen LogP contribution >= 0.6 is 0 Å². The monoisotopic (exact) mass is 240 g/mol. The molecule has 3 nitrogen and oxygen atoms in total. The van der Waals surface area contributed by atoms with Crippen LogP contribution in [-0.2, 0) is 0 Å². The van der Waals surface area contributed by atoms with Crippen molar-refractivity contribution in [2.75, 3.05) is 6.54 Å². The van der Waals surface area contributed by atoms with E-state index < -0.39 is 0 Å². The fraction of sp³-hybridized carbons (Fsp3) is 0.333. The fourth-order valence-electron chi connectivity index (χ4n) is 2.59. The van der Waals surface area contributed by atoms with Crippen LogP contribution in [0.4, 0.5) is 0 Å². The molecular weight excluding hydrogens is 224 g/mol. The highest BCUT2D eigenvalue weighted by Gasteiger charge is 2.20. The van der Waals surface area contributed by atoms with Gasteiger partial charge >= 0.3 is 0 Å². The van der Waals surface area contributed by atoms with Gasteiger partial charge in [0.05, 0.1) is 0 Å². The summed E-state index contributed by atoms with van der Waals surface area (Å²) in [6, 6.07) is 10.2. The van der Waals surface area contributed by atoms with Crippen LogP contribution < -0.4 is 5.32 Å². The Balaban J connectivity index is 1.91. The maximum atomic E-state index is 12.3. The van der Waals surface area contributed by atoms with Crippen molar-refractivity contribution < 1.29 is 4.79 Å². The topological polar surface area (TPSA) is 42.0 Å². The van der Waals surface area contributed by atoms with Crippen LogP contribution in [0.3, 0.4) is 0 Å². The highest BCUT2D eigenvalue weighted by Crippen LogP contribution is 2.19. The molecule has 3 heteroatoms. The molecule has 0 radical (unpaired) electrons. The van der Waals surface area contributed by atoms with Gasteiger partial charge in [-0.2, -0.15) is 0 Å². The van der Waals surface area contributed by atoms with Crippen LogP contribution in [0.15, 0.2) is 36.5 Å². The van der Waals surface area contributed by atoms with E-state index in [0.29, 0.717) is 18.2 Å². The standard InChI is InChI=1S/C15H16N2O/c18-14(10-12-5-3-8-16-12)15-13-6-2-1-4-11(13)7-9-17-15/h1-2,4,6-7,9,12,16H,3,5,8,10H2/t12-/m1/s1. The van der Waals surface area contributed by atoms with Crippen molar-refractivity contribution in [3.05, 3.63) is 42.2 Å². The lowest BCUT2D eigenvalue weighted by Crippen LogP contribution is -2.25. The van der Waals surface area contributed by atoms with Gasteiger partial charge < -0.3 is 5.32 Å². The smallest absolute Gasteiger partial charge is 0.183 e. The Morgan fingerprint density at radius 3 is 3.06 bits per heavy atom. The molecule has 1 fully saturated rings. The van der Waals surface area contributed by atoms with Crippen molar-refractivity contribution in [2.45, 2.75) is 25.3 Å². The van der Waals surface area contributed by atoms with Gasteiger partial charge in [-0.3, -0.25) is 9.78 Å². The number of ketones is 1. The first kappa shape index (κ1) is 11.4. The highest BCUT2D eigenvalue weighted by atomic mass is 16.1. The number of carbonyl (C=O) groups is 1. The second-order valence-electron chi connectivity index (χ2n) is 4.80. The second kappa shape index (κ2) is 4.86. The summed E-state index contributed by atoms with van der Waals surface area (Å²) in [5.41, 5.74) is 0.613. The SMILES string of the molecule is O=C(C[C@H]1CCCN1)c1nccc2ccccc12. The second-order valence-corrected chi connectivity index (χ2v) is 4.80. The quantitative estimate of drug-likeness (QED) is 0.838. The van der Waals surface area contributed by atoms with Gasteiger partial charge in [0.1, 0.15) is 5.69 Å². The van der Waals surface area contributed by atoms with E-state index in [9.17, 15) is 4.79 Å². The number of nitrogens with zero attached hydrogens (tertiary/aromatic N) is 1. The van der Waals surface area contributed by atoms with E-state index >= 15 is 0 Å². The third kappa shape index (κ3) is 2.14. The summed E-state index contributed by atoms with van der Waals surface area (Å²) in [5, 5.41) is 5.40. The number of Topliss-reactive ketones (excluding diaryl/α,β-unsaturated/α-hetero) is 1. The third-order valence-electron chi connectivity index (χ3n) is 3.53. The largest absolute Gasteiger partial charge is 0.314 e. The van der Waals surface area contributed by atoms with E-state index in [1.807, 2.05) is 30.3 Å². The van der Waals surface area contributed by atoms with Crippen molar-refractivity contribution in [1.29, 1.82) is 0 Å². The van der Waals surface area contributed by atoms with Crippen molar-refractivity contribution >= 4 is 16.6 Å². The summed E-state index contributed by atoms with van der Waals surface area (Å²) in [6.45, 7) is 1.03. The fourth-order valence-corrected chi connectivity index (χ4v) is 2.59. The first-order valence-corrected chi connectivity index (χ1v) is 6.45. The van der Waals surface area contributed by atoms with Gasteiger partial charge in [0.25, 0.3) is 0 Å². The van der Waals surface area contributed by atoms with Crippen molar-refractivity contribution in [3.8, 4) is 0 Å². The summed E-state index contributed by atoms with van der Waals surface area (Å²) in [6.07, 6.45) is 4.54. The Bertz CT molecular complexity index is 568. The summed E-state index contributed by atoms with van der Waals surface area (Å²) in [7, 11) is 0. The van der Waals surface area contributed by atoms with E-state index in [2.05, 4.69) is 10.3 Å². The number of benzene rings is 1. The maximum absolute atomic E-state index is 12.3. The molecule has 0 spiro atoms. The van der Waals surface area contributed by atoms with Gasteiger partial charge in [0.2, 0.25) is 0 Å². The molecule has 2 heterocycles. The lowest BCUT2D eigenvalue weighted by molar-refractivity contribution is 0.0968. The Morgan fingerprint density at radius 1 is 1.33 bits per heavy atom. The summed E-state index contributed by atoms with van der Waals surface area (Å²) >= 11 is 0. The van der Waals surface area contributed by atoms with E-state index in [-0.39, 0.29) is 5.78 Å². The van der Waals surface area contributed by atoms with E-state index in [0.717, 1.165) is 23.7 Å². The molecule has 1 aromatic heterocycles. The molecule has 0 amide bonds. The molecule has 0 unspecified atom stereocenters. The zero-order chi connectivity index (χ0) is 12.4. The van der Waals surface area contributed by atoms with Gasteiger partial charge in [-0.05, 0) is 30.8 Å². The van der Waals surface area contributed by atoms with Crippen molar-refractivity contribution in [2.24, 2.45) is 0 Å². The minimum atomic E-state index is 0.145. The molecule has 0 bridgehead atoms. The van der Waals surface area contributed by atoms with Crippen LogP contribution in [0.2, 0.25) is 0 Å². The van der Waals surface area contributed by atoms with E-state index in [1.165, 1.54) is 6.42 Å². The summed E-state index contributed by atoms with van der Waals surface area (Å²) in [4.78, 5) is 16.6. The number of hydrogen-bond acceptors (Lipinski definition) is 3. The number of fused-ring (bicyclic) bond motifs is 1. The average molecular weight is 240 g/mol. The van der Waals surface area contributed by atoms with Crippen LogP contribution in [0.25, 0.3) is 10.8 Å². The van der Waals surface area contributed by atoms with E-state index in [4.69, 9.17) is 0 Å². The molecule has 1 aliphatic heterocycles. The Labute approximate surface area is 106 Å². The first-order valence-electron chi connectivity index (χ1n) is 6.45. The van der Waals surface area contributed by atoms with Crippen molar-refractivity contribution in [3.63, 3.8) is 0 Å². The zero-order valence-electron chi connectivity index (χ0n) is 10.2. The average Bonchev–Trinajstić information content (AvgIpc) is 2.91. The number of carbonyl (C=O) groups excluding carboxylic acids is 1. The molecule has 18 heavy (non-hydrogen) atoms. The molecule has 1 aliphatic rings. The Kier molecular flexibility index (Phi) is 3.07. The zero-order valence-corrected chi connectivity index (χ0v) is 10.2. The summed E-state index contributed by atoms with van der Waals surface area (Å²) < 4.78 is 0. The number of nitrogens with one attached hydrogen (secondary N) is 1. The molecule has 92 valence electrons. The number of hydrogen-bond donors (Lipinski definition) is 1. The minimum Gasteiger partial charge on any atom is -0.314 e. The normalized spacial score (nSPS) is 19.2. The van der Waals surface area contributed by atoms with Crippen LogP contribution in [0.1, 0.15) is 29.8 Å². The first-order chi connectivity index (χ1) is 8.84. The molecule has 0 aliphatic carbocycles. The van der Waals surface area contributed by atoms with Crippen LogP contribution in [0.5, 0.6) is 0 Å². The van der Waals surface area contributed by atoms with Crippen LogP contribution in [-0.4, -0.2) is 23.4 Å². The molecule has 1 aromatic carbocycles. The van der Waals surface area contributed by atoms with Gasteiger partial charge in [0, 0.05) is 24.0 Å². The van der Waals surface area contributed by atoms with E-state index in [1.54, 1.807) is 6.20 Å². The van der Waals surface area contributed by atoms with Crippen molar-refractivity contribution in [1.82, 2.24) is 10.3 Å². The van der Waals surface area contributed by atoms with Gasteiger partial charge in [-0.25, -0.2) is 0 Å². The molecule has 1 saturated heterocycles. The molecular formula is C15H16N2O. The lowest BCUT2D eigenvalue weighted by atomic mass is 10.0. The third-order valence-corrected chi connectivity index (χ3v) is 3.53. The molecule has 1 atom stereocenters. The molecule has 2 aromatic rings. The Hall–Kier alpha value is -1.74. The van der Waals surface area contributed by atoms with Gasteiger partial charge in [-0.15, -0.1) is 0 Å². The maximum Gasteiger partial charge on any atom is 0.183 e. The molecule has 0 saturated carbocycles. The van der Waals surface area contributed by atoms with Gasteiger partial charge in [0.15, 0.2) is 5.78 Å². The summed E-state index contributed by atoms with van der Waals surface area (Å²) in [5.74, 6) is 0.145. The van der Waals surface area contributed by atoms with Crippen LogP contribution in [0, 0.1) is 0 Å². The number of pyridine rings is 1.